The summed E-state index contributed by atoms with van der Waals surface area (Å²) in [6.07, 6.45) is 5.95. The summed E-state index contributed by atoms with van der Waals surface area (Å²) in [4.78, 5) is 0. The number of hydrogen-bond donors (Lipinski definition) is 2. The highest BCUT2D eigenvalue weighted by atomic mass is 14.9. The Balaban J connectivity index is 1.64. The maximum Gasteiger partial charge on any atom is 0.0136 e. The highest BCUT2D eigenvalue weighted by molar-refractivity contribution is 4.92. The van der Waals surface area contributed by atoms with Crippen molar-refractivity contribution in [1.29, 1.82) is 0 Å². The first-order valence-corrected chi connectivity index (χ1v) is 5.73. The summed E-state index contributed by atoms with van der Waals surface area (Å²) in [6.45, 7) is 4.27. The van der Waals surface area contributed by atoms with Crippen molar-refractivity contribution in [3.63, 3.8) is 0 Å². The molecule has 0 spiro atoms. The van der Waals surface area contributed by atoms with Crippen LogP contribution in [0.5, 0.6) is 0 Å². The topological polar surface area (TPSA) is 38.0 Å². The van der Waals surface area contributed by atoms with E-state index in [0.29, 0.717) is 6.04 Å². The number of rotatable bonds is 6. The SMILES string of the molecule is CC(N)CNCC(C1CC1)C1CC1. The fourth-order valence-corrected chi connectivity index (χ4v) is 2.24. The molecular weight excluding hydrogens is 160 g/mol. The Kier molecular flexibility index (Phi) is 2.89. The zero-order valence-corrected chi connectivity index (χ0v) is 8.63. The van der Waals surface area contributed by atoms with Crippen LogP contribution in [-0.4, -0.2) is 19.1 Å². The fourth-order valence-electron chi connectivity index (χ4n) is 2.24. The molecule has 2 rings (SSSR count). The van der Waals surface area contributed by atoms with Crippen molar-refractivity contribution in [2.24, 2.45) is 23.5 Å². The van der Waals surface area contributed by atoms with Gasteiger partial charge in [-0.25, -0.2) is 0 Å². The second-order valence-corrected chi connectivity index (χ2v) is 4.97. The lowest BCUT2D eigenvalue weighted by molar-refractivity contribution is 0.375. The maximum absolute atomic E-state index is 5.70. The third kappa shape index (κ3) is 2.96. The van der Waals surface area contributed by atoms with Gasteiger partial charge < -0.3 is 11.1 Å². The lowest BCUT2D eigenvalue weighted by Gasteiger charge is -2.17. The predicted octanol–water partition coefficient (Wildman–Crippen LogP) is 1.36. The Bertz CT molecular complexity index is 147. The van der Waals surface area contributed by atoms with Crippen LogP contribution in [0.3, 0.4) is 0 Å². The van der Waals surface area contributed by atoms with Gasteiger partial charge in [0.05, 0.1) is 0 Å². The average molecular weight is 182 g/mol. The summed E-state index contributed by atoms with van der Waals surface area (Å²) in [5.74, 6) is 3.11. The first kappa shape index (κ1) is 9.47. The van der Waals surface area contributed by atoms with Crippen LogP contribution in [0.15, 0.2) is 0 Å². The molecule has 0 bridgehead atoms. The number of nitrogens with one attached hydrogen (secondary N) is 1. The van der Waals surface area contributed by atoms with Gasteiger partial charge in [-0.05, 0) is 56.9 Å². The molecule has 0 saturated heterocycles. The van der Waals surface area contributed by atoms with Crippen molar-refractivity contribution in [3.05, 3.63) is 0 Å². The number of hydrogen-bond acceptors (Lipinski definition) is 2. The molecule has 0 amide bonds. The molecule has 3 N–H and O–H groups in total. The summed E-state index contributed by atoms with van der Waals surface area (Å²) < 4.78 is 0. The summed E-state index contributed by atoms with van der Waals surface area (Å²) >= 11 is 0. The van der Waals surface area contributed by atoms with Gasteiger partial charge in [-0.2, -0.15) is 0 Å². The molecule has 13 heavy (non-hydrogen) atoms. The van der Waals surface area contributed by atoms with Gasteiger partial charge in [0.25, 0.3) is 0 Å². The molecule has 0 aromatic heterocycles. The first-order valence-electron chi connectivity index (χ1n) is 5.73. The standard InChI is InChI=1S/C11H22N2/c1-8(12)6-13-7-11(9-2-3-9)10-4-5-10/h8-11,13H,2-7,12H2,1H3. The molecule has 1 atom stereocenters. The summed E-state index contributed by atoms with van der Waals surface area (Å²) in [6, 6.07) is 0.305. The molecule has 2 nitrogen and oxygen atoms in total. The van der Waals surface area contributed by atoms with Gasteiger partial charge in [-0.1, -0.05) is 0 Å². The van der Waals surface area contributed by atoms with Crippen LogP contribution < -0.4 is 11.1 Å². The van der Waals surface area contributed by atoms with Gasteiger partial charge in [-0.15, -0.1) is 0 Å². The van der Waals surface area contributed by atoms with Crippen molar-refractivity contribution in [2.75, 3.05) is 13.1 Å². The zero-order valence-electron chi connectivity index (χ0n) is 8.63. The van der Waals surface area contributed by atoms with Gasteiger partial charge >= 0.3 is 0 Å². The van der Waals surface area contributed by atoms with E-state index in [-0.39, 0.29) is 0 Å². The molecule has 0 heterocycles. The minimum absolute atomic E-state index is 0.305. The van der Waals surface area contributed by atoms with Crippen LogP contribution in [0.1, 0.15) is 32.6 Å². The third-order valence-corrected chi connectivity index (χ3v) is 3.30. The van der Waals surface area contributed by atoms with Crippen molar-refractivity contribution in [3.8, 4) is 0 Å². The molecule has 2 fully saturated rings. The van der Waals surface area contributed by atoms with Crippen molar-refractivity contribution >= 4 is 0 Å². The van der Waals surface area contributed by atoms with Gasteiger partial charge in [0, 0.05) is 12.6 Å². The molecule has 76 valence electrons. The van der Waals surface area contributed by atoms with E-state index in [1.807, 2.05) is 0 Å². The molecule has 2 aliphatic rings. The van der Waals surface area contributed by atoms with Crippen LogP contribution in [0.25, 0.3) is 0 Å². The van der Waals surface area contributed by atoms with E-state index < -0.39 is 0 Å². The van der Waals surface area contributed by atoms with E-state index in [1.54, 1.807) is 0 Å². The Hall–Kier alpha value is -0.0800. The van der Waals surface area contributed by atoms with Crippen LogP contribution in [0, 0.1) is 17.8 Å². The van der Waals surface area contributed by atoms with Crippen LogP contribution >= 0.6 is 0 Å². The quantitative estimate of drug-likeness (QED) is 0.651. The fraction of sp³-hybridized carbons (Fsp3) is 1.00. The normalized spacial score (nSPS) is 25.2. The zero-order chi connectivity index (χ0) is 9.26. The lowest BCUT2D eigenvalue weighted by Crippen LogP contribution is -2.35. The molecule has 2 heteroatoms. The first-order chi connectivity index (χ1) is 6.27. The largest absolute Gasteiger partial charge is 0.327 e. The van der Waals surface area contributed by atoms with Gasteiger partial charge in [0.2, 0.25) is 0 Å². The number of nitrogens with two attached hydrogens (primary N) is 1. The van der Waals surface area contributed by atoms with E-state index in [9.17, 15) is 0 Å². The maximum atomic E-state index is 5.70. The molecule has 0 radical (unpaired) electrons. The minimum atomic E-state index is 0.305. The Morgan fingerprint density at radius 2 is 1.69 bits per heavy atom. The van der Waals surface area contributed by atoms with Crippen LogP contribution in [-0.2, 0) is 0 Å². The second kappa shape index (κ2) is 3.97. The molecule has 0 aromatic carbocycles. The second-order valence-electron chi connectivity index (χ2n) is 4.97. The monoisotopic (exact) mass is 182 g/mol. The summed E-state index contributed by atoms with van der Waals surface area (Å²) in [5.41, 5.74) is 5.70. The molecule has 2 aliphatic carbocycles. The Labute approximate surface area is 81.3 Å². The van der Waals surface area contributed by atoms with Crippen LogP contribution in [0.2, 0.25) is 0 Å². The van der Waals surface area contributed by atoms with E-state index in [4.69, 9.17) is 5.73 Å². The van der Waals surface area contributed by atoms with Gasteiger partial charge in [-0.3, -0.25) is 0 Å². The molecule has 2 saturated carbocycles. The van der Waals surface area contributed by atoms with Crippen molar-refractivity contribution < 1.29 is 0 Å². The predicted molar refractivity (Wildman–Crippen MR) is 55.5 cm³/mol. The Morgan fingerprint density at radius 3 is 2.08 bits per heavy atom. The van der Waals surface area contributed by atoms with Crippen molar-refractivity contribution in [2.45, 2.75) is 38.6 Å². The summed E-state index contributed by atoms with van der Waals surface area (Å²) in [7, 11) is 0. The molecule has 1 unspecified atom stereocenters. The third-order valence-electron chi connectivity index (χ3n) is 3.30. The van der Waals surface area contributed by atoms with E-state index in [1.165, 1.54) is 32.2 Å². The van der Waals surface area contributed by atoms with E-state index >= 15 is 0 Å². The van der Waals surface area contributed by atoms with E-state index in [2.05, 4.69) is 12.2 Å². The average Bonchev–Trinajstić information content (AvgIpc) is 2.89. The van der Waals surface area contributed by atoms with Crippen LogP contribution in [0.4, 0.5) is 0 Å². The lowest BCUT2D eigenvalue weighted by atomic mass is 9.98. The molecule has 0 aliphatic heterocycles. The van der Waals surface area contributed by atoms with Gasteiger partial charge in [0.15, 0.2) is 0 Å². The Morgan fingerprint density at radius 1 is 1.15 bits per heavy atom. The van der Waals surface area contributed by atoms with E-state index in [0.717, 1.165) is 24.3 Å². The summed E-state index contributed by atoms with van der Waals surface area (Å²) in [5, 5.41) is 3.50. The highest BCUT2D eigenvalue weighted by Gasteiger charge is 2.40. The van der Waals surface area contributed by atoms with Gasteiger partial charge in [0.1, 0.15) is 0 Å². The van der Waals surface area contributed by atoms with Crippen molar-refractivity contribution in [1.82, 2.24) is 5.32 Å². The smallest absolute Gasteiger partial charge is 0.0136 e. The minimum Gasteiger partial charge on any atom is -0.327 e. The molecular formula is C11H22N2. The molecule has 0 aromatic rings. The highest BCUT2D eigenvalue weighted by Crippen LogP contribution is 2.48.